The topological polar surface area (TPSA) is 23.6 Å². The van der Waals surface area contributed by atoms with E-state index in [0.717, 1.165) is 26.2 Å². The first-order chi connectivity index (χ1) is 7.74. The van der Waals surface area contributed by atoms with Crippen LogP contribution >= 0.6 is 22.6 Å². The molecule has 0 bridgehead atoms. The lowest BCUT2D eigenvalue weighted by molar-refractivity contribution is -0.130. The average molecular weight is 338 g/mol. The Labute approximate surface area is 113 Å². The Balaban J connectivity index is 2.02. The Morgan fingerprint density at radius 1 is 1.06 bits per heavy atom. The summed E-state index contributed by atoms with van der Waals surface area (Å²) in [6, 6.07) is 0. The van der Waals surface area contributed by atoms with Gasteiger partial charge in [-0.15, -0.1) is 0 Å². The van der Waals surface area contributed by atoms with Gasteiger partial charge < -0.3 is 4.90 Å². The molecule has 1 aliphatic rings. The highest BCUT2D eigenvalue weighted by atomic mass is 127. The molecule has 0 atom stereocenters. The molecule has 0 spiro atoms. The van der Waals surface area contributed by atoms with E-state index >= 15 is 0 Å². The Morgan fingerprint density at radius 2 is 1.69 bits per heavy atom. The molecule has 0 aromatic rings. The van der Waals surface area contributed by atoms with Gasteiger partial charge in [0.2, 0.25) is 5.91 Å². The van der Waals surface area contributed by atoms with Gasteiger partial charge in [0.05, 0.1) is 0 Å². The smallest absolute Gasteiger partial charge is 0.219 e. The third-order valence-corrected chi connectivity index (χ3v) is 3.94. The van der Waals surface area contributed by atoms with Crippen molar-refractivity contribution in [3.63, 3.8) is 0 Å². The predicted molar refractivity (Wildman–Crippen MR) is 76.0 cm³/mol. The van der Waals surface area contributed by atoms with Gasteiger partial charge in [-0.1, -0.05) is 35.4 Å². The molecule has 1 fully saturated rings. The van der Waals surface area contributed by atoms with Crippen LogP contribution in [0.5, 0.6) is 0 Å². The standard InChI is InChI=1S/C12H23IN2O/c1-12(16)15-10-8-14(9-11-15)7-5-3-2-4-6-13/h2-11H2,1H3. The predicted octanol–water partition coefficient (Wildman–Crippen LogP) is 2.15. The van der Waals surface area contributed by atoms with Crippen LogP contribution in [-0.4, -0.2) is 52.9 Å². The number of carbonyl (C=O) groups excluding carboxylic acids is 1. The summed E-state index contributed by atoms with van der Waals surface area (Å²) < 4.78 is 1.29. The van der Waals surface area contributed by atoms with Gasteiger partial charge in [-0.05, 0) is 23.8 Å². The number of amides is 1. The molecule has 1 rings (SSSR count). The van der Waals surface area contributed by atoms with Gasteiger partial charge in [0.15, 0.2) is 0 Å². The molecule has 0 aliphatic carbocycles. The molecule has 0 aromatic heterocycles. The molecule has 0 radical (unpaired) electrons. The highest BCUT2D eigenvalue weighted by Gasteiger charge is 2.17. The number of hydrogen-bond donors (Lipinski definition) is 0. The maximum atomic E-state index is 11.1. The van der Waals surface area contributed by atoms with E-state index in [1.54, 1.807) is 6.92 Å². The van der Waals surface area contributed by atoms with Crippen LogP contribution in [0.1, 0.15) is 32.6 Å². The number of unbranched alkanes of at least 4 members (excludes halogenated alkanes) is 3. The highest BCUT2D eigenvalue weighted by Crippen LogP contribution is 2.06. The van der Waals surface area contributed by atoms with Crippen molar-refractivity contribution in [2.45, 2.75) is 32.6 Å². The van der Waals surface area contributed by atoms with Gasteiger partial charge in [0, 0.05) is 33.1 Å². The summed E-state index contributed by atoms with van der Waals surface area (Å²) in [4.78, 5) is 15.6. The fourth-order valence-corrected chi connectivity index (χ4v) is 2.61. The quantitative estimate of drug-likeness (QED) is 0.421. The zero-order valence-corrected chi connectivity index (χ0v) is 12.4. The van der Waals surface area contributed by atoms with Gasteiger partial charge in [-0.25, -0.2) is 0 Å². The van der Waals surface area contributed by atoms with E-state index < -0.39 is 0 Å². The van der Waals surface area contributed by atoms with Crippen LogP contribution < -0.4 is 0 Å². The third-order valence-electron chi connectivity index (χ3n) is 3.18. The SMILES string of the molecule is CC(=O)N1CCN(CCCCCCI)CC1. The Bertz CT molecular complexity index is 203. The largest absolute Gasteiger partial charge is 0.340 e. The molecule has 0 aromatic carbocycles. The normalized spacial score (nSPS) is 17.8. The van der Waals surface area contributed by atoms with E-state index in [-0.39, 0.29) is 5.91 Å². The Morgan fingerprint density at radius 3 is 2.25 bits per heavy atom. The fraction of sp³-hybridized carbons (Fsp3) is 0.917. The minimum atomic E-state index is 0.224. The molecule has 1 heterocycles. The van der Waals surface area contributed by atoms with Crippen LogP contribution in [0.3, 0.4) is 0 Å². The van der Waals surface area contributed by atoms with Crippen molar-refractivity contribution >= 4 is 28.5 Å². The summed E-state index contributed by atoms with van der Waals surface area (Å²) in [7, 11) is 0. The van der Waals surface area contributed by atoms with Crippen molar-refractivity contribution in [3.05, 3.63) is 0 Å². The molecular weight excluding hydrogens is 315 g/mol. The van der Waals surface area contributed by atoms with Crippen LogP contribution in [-0.2, 0) is 4.79 Å². The first-order valence-corrected chi connectivity index (χ1v) is 7.80. The second-order valence-electron chi connectivity index (χ2n) is 4.45. The van der Waals surface area contributed by atoms with Crippen molar-refractivity contribution in [1.82, 2.24) is 9.80 Å². The van der Waals surface area contributed by atoms with Crippen LogP contribution in [0.25, 0.3) is 0 Å². The number of nitrogens with zero attached hydrogens (tertiary/aromatic N) is 2. The van der Waals surface area contributed by atoms with E-state index in [0.29, 0.717) is 0 Å². The van der Waals surface area contributed by atoms with Crippen LogP contribution in [0.15, 0.2) is 0 Å². The molecule has 0 unspecified atom stereocenters. The number of hydrogen-bond acceptors (Lipinski definition) is 2. The third kappa shape index (κ3) is 5.48. The zero-order chi connectivity index (χ0) is 11.8. The minimum absolute atomic E-state index is 0.224. The van der Waals surface area contributed by atoms with E-state index in [9.17, 15) is 4.79 Å². The van der Waals surface area contributed by atoms with Crippen molar-refractivity contribution in [3.8, 4) is 0 Å². The lowest BCUT2D eigenvalue weighted by Gasteiger charge is -2.34. The zero-order valence-electron chi connectivity index (χ0n) is 10.3. The van der Waals surface area contributed by atoms with E-state index in [1.807, 2.05) is 4.90 Å². The highest BCUT2D eigenvalue weighted by molar-refractivity contribution is 14.1. The van der Waals surface area contributed by atoms with Gasteiger partial charge in [0.1, 0.15) is 0 Å². The summed E-state index contributed by atoms with van der Waals surface area (Å²) in [6.07, 6.45) is 5.40. The van der Waals surface area contributed by atoms with E-state index in [1.165, 1.54) is 36.7 Å². The number of carbonyl (C=O) groups is 1. The Hall–Kier alpha value is 0.160. The average Bonchev–Trinajstić information content (AvgIpc) is 2.29. The molecular formula is C12H23IN2O. The summed E-state index contributed by atoms with van der Waals surface area (Å²) in [5.74, 6) is 0.224. The lowest BCUT2D eigenvalue weighted by Crippen LogP contribution is -2.48. The molecule has 1 aliphatic heterocycles. The number of piperazine rings is 1. The van der Waals surface area contributed by atoms with Gasteiger partial charge in [-0.3, -0.25) is 9.69 Å². The molecule has 0 saturated carbocycles. The molecule has 3 nitrogen and oxygen atoms in total. The minimum Gasteiger partial charge on any atom is -0.340 e. The molecule has 1 amide bonds. The first kappa shape index (κ1) is 14.2. The number of alkyl halides is 1. The van der Waals surface area contributed by atoms with Crippen molar-refractivity contribution in [1.29, 1.82) is 0 Å². The monoisotopic (exact) mass is 338 g/mol. The summed E-state index contributed by atoms with van der Waals surface area (Å²) >= 11 is 2.44. The summed E-state index contributed by atoms with van der Waals surface area (Å²) in [5, 5.41) is 0. The first-order valence-electron chi connectivity index (χ1n) is 6.28. The number of halogens is 1. The number of rotatable bonds is 6. The van der Waals surface area contributed by atoms with Gasteiger partial charge in [0.25, 0.3) is 0 Å². The van der Waals surface area contributed by atoms with E-state index in [4.69, 9.17) is 0 Å². The molecule has 94 valence electrons. The second kappa shape index (κ2) is 8.28. The van der Waals surface area contributed by atoms with Crippen LogP contribution in [0.2, 0.25) is 0 Å². The maximum absolute atomic E-state index is 11.1. The van der Waals surface area contributed by atoms with Crippen LogP contribution in [0.4, 0.5) is 0 Å². The summed E-state index contributed by atoms with van der Waals surface area (Å²) in [6.45, 7) is 6.84. The molecule has 0 N–H and O–H groups in total. The second-order valence-corrected chi connectivity index (χ2v) is 5.53. The van der Waals surface area contributed by atoms with Crippen molar-refractivity contribution < 1.29 is 4.79 Å². The van der Waals surface area contributed by atoms with E-state index in [2.05, 4.69) is 27.5 Å². The van der Waals surface area contributed by atoms with Crippen molar-refractivity contribution in [2.75, 3.05) is 37.2 Å². The van der Waals surface area contributed by atoms with Crippen LogP contribution in [0, 0.1) is 0 Å². The fourth-order valence-electron chi connectivity index (χ4n) is 2.07. The Kier molecular flexibility index (Phi) is 7.36. The van der Waals surface area contributed by atoms with Gasteiger partial charge >= 0.3 is 0 Å². The molecule has 16 heavy (non-hydrogen) atoms. The lowest BCUT2D eigenvalue weighted by atomic mass is 10.2. The summed E-state index contributed by atoms with van der Waals surface area (Å²) in [5.41, 5.74) is 0. The van der Waals surface area contributed by atoms with Crippen molar-refractivity contribution in [2.24, 2.45) is 0 Å². The molecule has 4 heteroatoms. The molecule has 1 saturated heterocycles. The van der Waals surface area contributed by atoms with Gasteiger partial charge in [-0.2, -0.15) is 0 Å². The maximum Gasteiger partial charge on any atom is 0.219 e.